The lowest BCUT2D eigenvalue weighted by molar-refractivity contribution is -0.137. The fourth-order valence-electron chi connectivity index (χ4n) is 3.81. The fraction of sp³-hybridized carbons (Fsp3) is 0.524. The normalized spacial score (nSPS) is 18.0. The zero-order valence-electron chi connectivity index (χ0n) is 16.6. The van der Waals surface area contributed by atoms with Crippen molar-refractivity contribution >= 4 is 11.6 Å². The van der Waals surface area contributed by atoms with E-state index in [1.807, 2.05) is 12.4 Å². The van der Waals surface area contributed by atoms with E-state index in [2.05, 4.69) is 26.7 Å². The quantitative estimate of drug-likeness (QED) is 0.731. The Balaban J connectivity index is 1.45. The Bertz CT molecular complexity index is 801. The van der Waals surface area contributed by atoms with Gasteiger partial charge in [0.2, 0.25) is 5.91 Å². The second-order valence-electron chi connectivity index (χ2n) is 7.53. The molecule has 5 nitrogen and oxygen atoms in total. The number of amides is 1. The molecule has 1 aromatic carbocycles. The van der Waals surface area contributed by atoms with Gasteiger partial charge in [-0.25, -0.2) is 4.98 Å². The van der Waals surface area contributed by atoms with E-state index in [9.17, 15) is 18.0 Å². The number of hydrogen-bond acceptors (Lipinski definition) is 3. The van der Waals surface area contributed by atoms with Crippen LogP contribution in [0.2, 0.25) is 0 Å². The summed E-state index contributed by atoms with van der Waals surface area (Å²) in [6.07, 6.45) is 2.76. The molecule has 1 atom stereocenters. The summed E-state index contributed by atoms with van der Waals surface area (Å²) in [6, 6.07) is 4.54. The summed E-state index contributed by atoms with van der Waals surface area (Å²) < 4.78 is 40.0. The average Bonchev–Trinajstić information content (AvgIpc) is 3.13. The number of nitrogens with zero attached hydrogens (tertiary/aromatic N) is 3. The van der Waals surface area contributed by atoms with Crippen molar-refractivity contribution in [2.24, 2.45) is 5.92 Å². The number of rotatable bonds is 7. The highest BCUT2D eigenvalue weighted by Gasteiger charge is 2.30. The van der Waals surface area contributed by atoms with Gasteiger partial charge in [-0.2, -0.15) is 13.2 Å². The van der Waals surface area contributed by atoms with E-state index < -0.39 is 11.7 Å². The molecule has 1 aromatic heterocycles. The smallest absolute Gasteiger partial charge is 0.334 e. The first-order valence-corrected chi connectivity index (χ1v) is 10.0. The molecule has 2 heterocycles. The van der Waals surface area contributed by atoms with Crippen LogP contribution in [0.3, 0.4) is 0 Å². The number of likely N-dealkylation sites (tertiary alicyclic amines) is 1. The SMILES string of the molecule is CCn1ccnc1CN1CCC[C@@H](CCC(=O)Nc2ccc(C(F)(F)F)cc2)C1. The molecular formula is C21H27F3N4O. The minimum Gasteiger partial charge on any atom is -0.334 e. The molecule has 1 N–H and O–H groups in total. The average molecular weight is 408 g/mol. The third kappa shape index (κ3) is 6.06. The predicted octanol–water partition coefficient (Wildman–Crippen LogP) is 4.55. The Labute approximate surface area is 168 Å². The summed E-state index contributed by atoms with van der Waals surface area (Å²) in [4.78, 5) is 19.0. The molecule has 1 fully saturated rings. The van der Waals surface area contributed by atoms with E-state index in [1.165, 1.54) is 12.1 Å². The van der Waals surface area contributed by atoms with Gasteiger partial charge in [0.05, 0.1) is 12.1 Å². The van der Waals surface area contributed by atoms with E-state index in [1.54, 1.807) is 0 Å². The molecule has 1 aliphatic heterocycles. The molecule has 0 saturated carbocycles. The summed E-state index contributed by atoms with van der Waals surface area (Å²) in [5.41, 5.74) is -0.332. The summed E-state index contributed by atoms with van der Waals surface area (Å²) in [6.45, 7) is 5.78. The van der Waals surface area contributed by atoms with Crippen LogP contribution in [0, 0.1) is 5.92 Å². The van der Waals surface area contributed by atoms with Crippen molar-refractivity contribution in [1.29, 1.82) is 0 Å². The van der Waals surface area contributed by atoms with Gasteiger partial charge in [-0.1, -0.05) is 0 Å². The molecule has 0 spiro atoms. The van der Waals surface area contributed by atoms with Crippen LogP contribution in [-0.2, 0) is 24.1 Å². The summed E-state index contributed by atoms with van der Waals surface area (Å²) in [5.74, 6) is 1.34. The largest absolute Gasteiger partial charge is 0.416 e. The van der Waals surface area contributed by atoms with Crippen LogP contribution in [-0.4, -0.2) is 33.4 Å². The molecule has 0 unspecified atom stereocenters. The Hall–Kier alpha value is -2.35. The van der Waals surface area contributed by atoms with E-state index >= 15 is 0 Å². The van der Waals surface area contributed by atoms with Gasteiger partial charge < -0.3 is 9.88 Å². The second kappa shape index (κ2) is 9.43. The van der Waals surface area contributed by atoms with Crippen LogP contribution in [0.1, 0.15) is 44.0 Å². The van der Waals surface area contributed by atoms with Crippen molar-refractivity contribution in [1.82, 2.24) is 14.5 Å². The van der Waals surface area contributed by atoms with Gasteiger partial charge >= 0.3 is 6.18 Å². The number of halogens is 3. The lowest BCUT2D eigenvalue weighted by Crippen LogP contribution is -2.36. The highest BCUT2D eigenvalue weighted by Crippen LogP contribution is 2.30. The molecule has 2 aromatic rings. The van der Waals surface area contributed by atoms with E-state index in [-0.39, 0.29) is 5.91 Å². The number of imidazole rings is 1. The summed E-state index contributed by atoms with van der Waals surface area (Å²) in [5, 5.41) is 2.69. The topological polar surface area (TPSA) is 50.2 Å². The zero-order chi connectivity index (χ0) is 20.9. The maximum absolute atomic E-state index is 12.6. The lowest BCUT2D eigenvalue weighted by Gasteiger charge is -2.32. The van der Waals surface area contributed by atoms with Gasteiger partial charge in [-0.3, -0.25) is 9.69 Å². The molecule has 1 aliphatic rings. The molecule has 0 aliphatic carbocycles. The van der Waals surface area contributed by atoms with Crippen LogP contribution >= 0.6 is 0 Å². The third-order valence-electron chi connectivity index (χ3n) is 5.39. The third-order valence-corrected chi connectivity index (χ3v) is 5.39. The van der Waals surface area contributed by atoms with Gasteiger partial charge in [0.15, 0.2) is 0 Å². The molecule has 1 amide bonds. The van der Waals surface area contributed by atoms with Gasteiger partial charge in [0.1, 0.15) is 5.82 Å². The van der Waals surface area contributed by atoms with Crippen LogP contribution < -0.4 is 5.32 Å². The van der Waals surface area contributed by atoms with E-state index in [0.29, 0.717) is 18.0 Å². The number of piperidine rings is 1. The minimum atomic E-state index is -4.37. The number of aromatic nitrogens is 2. The first-order valence-electron chi connectivity index (χ1n) is 10.0. The molecule has 158 valence electrons. The van der Waals surface area contributed by atoms with Crippen LogP contribution in [0.15, 0.2) is 36.7 Å². The fourth-order valence-corrected chi connectivity index (χ4v) is 3.81. The van der Waals surface area contributed by atoms with Crippen molar-refractivity contribution in [2.45, 2.75) is 51.9 Å². The number of anilines is 1. The maximum atomic E-state index is 12.6. The monoisotopic (exact) mass is 408 g/mol. The standard InChI is InChI=1S/C21H27F3N4O/c1-2-28-13-11-25-19(28)15-27-12-3-4-16(14-27)5-10-20(29)26-18-8-6-17(7-9-18)21(22,23)24/h6-9,11,13,16H,2-5,10,12,14-15H2,1H3,(H,26,29)/t16-/m0/s1. The summed E-state index contributed by atoms with van der Waals surface area (Å²) in [7, 11) is 0. The maximum Gasteiger partial charge on any atom is 0.416 e. The number of alkyl halides is 3. The van der Waals surface area contributed by atoms with Crippen LogP contribution in [0.25, 0.3) is 0 Å². The Morgan fingerprint density at radius 1 is 1.28 bits per heavy atom. The van der Waals surface area contributed by atoms with Crippen molar-refractivity contribution in [2.75, 3.05) is 18.4 Å². The molecule has 1 saturated heterocycles. The van der Waals surface area contributed by atoms with Crippen LogP contribution in [0.4, 0.5) is 18.9 Å². The lowest BCUT2D eigenvalue weighted by atomic mass is 9.93. The Morgan fingerprint density at radius 3 is 2.72 bits per heavy atom. The molecular weight excluding hydrogens is 381 g/mol. The van der Waals surface area contributed by atoms with Crippen molar-refractivity contribution in [3.05, 3.63) is 48.0 Å². The highest BCUT2D eigenvalue weighted by molar-refractivity contribution is 5.90. The second-order valence-corrected chi connectivity index (χ2v) is 7.53. The minimum absolute atomic E-state index is 0.164. The molecule has 3 rings (SSSR count). The number of carbonyl (C=O) groups is 1. The molecule has 29 heavy (non-hydrogen) atoms. The van der Waals surface area contributed by atoms with Crippen LogP contribution in [0.5, 0.6) is 0 Å². The van der Waals surface area contributed by atoms with Gasteiger partial charge in [-0.05, 0) is 62.9 Å². The molecule has 0 radical (unpaired) electrons. The first-order chi connectivity index (χ1) is 13.8. The van der Waals surface area contributed by atoms with E-state index in [0.717, 1.165) is 63.4 Å². The van der Waals surface area contributed by atoms with Crippen molar-refractivity contribution in [3.63, 3.8) is 0 Å². The number of benzene rings is 1. The first kappa shape index (κ1) is 21.4. The number of hydrogen-bond donors (Lipinski definition) is 1. The van der Waals surface area contributed by atoms with Gasteiger partial charge in [0.25, 0.3) is 0 Å². The number of aryl methyl sites for hydroxylation is 1. The van der Waals surface area contributed by atoms with Gasteiger partial charge in [0, 0.05) is 37.6 Å². The number of nitrogens with one attached hydrogen (secondary N) is 1. The number of carbonyl (C=O) groups excluding carboxylic acids is 1. The predicted molar refractivity (Wildman–Crippen MR) is 105 cm³/mol. The zero-order valence-corrected chi connectivity index (χ0v) is 16.6. The van der Waals surface area contributed by atoms with Crippen molar-refractivity contribution < 1.29 is 18.0 Å². The summed E-state index contributed by atoms with van der Waals surface area (Å²) >= 11 is 0. The highest BCUT2D eigenvalue weighted by atomic mass is 19.4. The molecule has 8 heteroatoms. The Kier molecular flexibility index (Phi) is 6.95. The van der Waals surface area contributed by atoms with E-state index in [4.69, 9.17) is 0 Å². The molecule has 0 bridgehead atoms. The van der Waals surface area contributed by atoms with Crippen molar-refractivity contribution in [3.8, 4) is 0 Å². The van der Waals surface area contributed by atoms with Gasteiger partial charge in [-0.15, -0.1) is 0 Å². The Morgan fingerprint density at radius 2 is 2.03 bits per heavy atom.